The minimum atomic E-state index is 0.197. The fourth-order valence-electron chi connectivity index (χ4n) is 2.28. The molecule has 1 fully saturated rings. The largest absolute Gasteiger partial charge is 0.368 e. The third-order valence-electron chi connectivity index (χ3n) is 3.54. The van der Waals surface area contributed by atoms with Crippen molar-refractivity contribution in [2.45, 2.75) is 29.8 Å². The van der Waals surface area contributed by atoms with E-state index < -0.39 is 0 Å². The topological polar surface area (TPSA) is 107 Å². The first kappa shape index (κ1) is 14.9. The van der Waals surface area contributed by atoms with Crippen LogP contribution in [0.1, 0.15) is 24.7 Å². The van der Waals surface area contributed by atoms with Crippen molar-refractivity contribution in [1.82, 2.24) is 29.7 Å². The molecule has 0 radical (unpaired) electrons. The number of hydrogen-bond donors (Lipinski definition) is 2. The van der Waals surface area contributed by atoms with Gasteiger partial charge in [0.25, 0.3) is 0 Å². The first-order valence-electron chi connectivity index (χ1n) is 7.63. The van der Waals surface area contributed by atoms with E-state index in [1.165, 1.54) is 12.8 Å². The Morgan fingerprint density at radius 2 is 2.00 bits per heavy atom. The van der Waals surface area contributed by atoms with E-state index in [9.17, 15) is 0 Å². The highest BCUT2D eigenvalue weighted by Gasteiger charge is 2.26. The predicted molar refractivity (Wildman–Crippen MR) is 91.8 cm³/mol. The number of benzene rings is 1. The summed E-state index contributed by atoms with van der Waals surface area (Å²) >= 11 is 1.55. The molecule has 1 aliphatic carbocycles. The van der Waals surface area contributed by atoms with Crippen LogP contribution >= 0.6 is 11.8 Å². The van der Waals surface area contributed by atoms with Crippen LogP contribution in [0.3, 0.4) is 0 Å². The maximum Gasteiger partial charge on any atom is 0.232 e. The molecule has 24 heavy (non-hydrogen) atoms. The van der Waals surface area contributed by atoms with Gasteiger partial charge >= 0.3 is 0 Å². The van der Waals surface area contributed by atoms with E-state index in [2.05, 4.69) is 35.0 Å². The molecule has 0 aliphatic heterocycles. The Morgan fingerprint density at radius 3 is 2.79 bits per heavy atom. The highest BCUT2D eigenvalue weighted by atomic mass is 32.2. The second kappa shape index (κ2) is 6.44. The van der Waals surface area contributed by atoms with Crippen molar-refractivity contribution in [3.8, 4) is 0 Å². The van der Waals surface area contributed by atoms with Crippen LogP contribution < -0.4 is 11.1 Å². The second-order valence-electron chi connectivity index (χ2n) is 5.47. The van der Waals surface area contributed by atoms with E-state index >= 15 is 0 Å². The number of para-hydroxylation sites is 1. The number of rotatable bonds is 6. The average molecular weight is 340 g/mol. The van der Waals surface area contributed by atoms with Gasteiger partial charge in [0.2, 0.25) is 11.9 Å². The Morgan fingerprint density at radius 1 is 1.17 bits per heavy atom. The number of nitrogens with one attached hydrogen (secondary N) is 1. The molecule has 0 amide bonds. The highest BCUT2D eigenvalue weighted by Crippen LogP contribution is 2.37. The second-order valence-corrected chi connectivity index (χ2v) is 6.41. The summed E-state index contributed by atoms with van der Waals surface area (Å²) in [4.78, 5) is 12.8. The first-order chi connectivity index (χ1) is 11.8. The third-order valence-corrected chi connectivity index (χ3v) is 4.49. The smallest absolute Gasteiger partial charge is 0.232 e. The van der Waals surface area contributed by atoms with Crippen LogP contribution in [0.25, 0.3) is 0 Å². The lowest BCUT2D eigenvalue weighted by molar-refractivity contribution is 0.662. The normalized spacial score (nSPS) is 13.8. The molecule has 1 aromatic carbocycles. The molecule has 2 heterocycles. The maximum absolute atomic E-state index is 5.81. The zero-order chi connectivity index (χ0) is 16.4. The van der Waals surface area contributed by atoms with Crippen molar-refractivity contribution in [2.75, 3.05) is 11.1 Å². The lowest BCUT2D eigenvalue weighted by atomic mass is 10.3. The van der Waals surface area contributed by atoms with Crippen LogP contribution in [0.15, 0.2) is 41.8 Å². The maximum atomic E-state index is 5.81. The van der Waals surface area contributed by atoms with E-state index in [1.807, 2.05) is 30.3 Å². The van der Waals surface area contributed by atoms with Gasteiger partial charge in [-0.1, -0.05) is 30.0 Å². The van der Waals surface area contributed by atoms with Gasteiger partial charge < -0.3 is 15.6 Å². The molecule has 0 bridgehead atoms. The van der Waals surface area contributed by atoms with Crippen molar-refractivity contribution in [1.29, 1.82) is 0 Å². The zero-order valence-electron chi connectivity index (χ0n) is 12.8. The Labute approximate surface area is 142 Å². The van der Waals surface area contributed by atoms with Crippen molar-refractivity contribution >= 4 is 29.3 Å². The molecule has 1 saturated carbocycles. The van der Waals surface area contributed by atoms with E-state index in [0.29, 0.717) is 23.6 Å². The van der Waals surface area contributed by atoms with Crippen molar-refractivity contribution < 1.29 is 0 Å². The Kier molecular flexibility index (Phi) is 3.99. The lowest BCUT2D eigenvalue weighted by Crippen LogP contribution is -2.06. The summed E-state index contributed by atoms with van der Waals surface area (Å²) in [6, 6.07) is 10.2. The quantitative estimate of drug-likeness (QED) is 0.659. The summed E-state index contributed by atoms with van der Waals surface area (Å²) in [7, 11) is 0. The van der Waals surface area contributed by atoms with Crippen LogP contribution in [0.2, 0.25) is 0 Å². The van der Waals surface area contributed by atoms with Gasteiger partial charge in [0, 0.05) is 11.7 Å². The molecule has 9 heteroatoms. The fraction of sp³-hybridized carbons (Fsp3) is 0.267. The van der Waals surface area contributed by atoms with Gasteiger partial charge in [-0.3, -0.25) is 0 Å². The molecule has 2 aromatic heterocycles. The molecule has 122 valence electrons. The van der Waals surface area contributed by atoms with Crippen LogP contribution in [0.4, 0.5) is 17.6 Å². The third kappa shape index (κ3) is 3.46. The molecule has 0 spiro atoms. The van der Waals surface area contributed by atoms with Gasteiger partial charge in [-0.05, 0) is 25.0 Å². The van der Waals surface area contributed by atoms with Gasteiger partial charge in [-0.2, -0.15) is 15.0 Å². The number of nitrogens with two attached hydrogens (primary N) is 1. The number of hydrogen-bond acceptors (Lipinski definition) is 8. The molecule has 1 aliphatic rings. The minimum absolute atomic E-state index is 0.197. The number of aromatic nitrogens is 6. The van der Waals surface area contributed by atoms with E-state index in [0.717, 1.165) is 10.8 Å². The fourth-order valence-corrected chi connectivity index (χ4v) is 3.11. The minimum Gasteiger partial charge on any atom is -0.368 e. The van der Waals surface area contributed by atoms with E-state index in [1.54, 1.807) is 18.1 Å². The number of nitrogen functional groups attached to an aromatic ring is 1. The number of thioether (sulfide) groups is 1. The van der Waals surface area contributed by atoms with E-state index in [4.69, 9.17) is 5.73 Å². The van der Waals surface area contributed by atoms with E-state index in [-0.39, 0.29) is 5.95 Å². The molecule has 8 nitrogen and oxygen atoms in total. The Hall–Kier alpha value is -2.68. The molecule has 0 unspecified atom stereocenters. The summed E-state index contributed by atoms with van der Waals surface area (Å²) in [5.41, 5.74) is 6.70. The van der Waals surface area contributed by atoms with Gasteiger partial charge in [0.1, 0.15) is 12.2 Å². The molecule has 0 atom stereocenters. The Bertz CT molecular complexity index is 831. The Balaban J connectivity index is 1.47. The monoisotopic (exact) mass is 340 g/mol. The summed E-state index contributed by atoms with van der Waals surface area (Å²) in [6.07, 6.45) is 4.16. The van der Waals surface area contributed by atoms with Crippen molar-refractivity contribution in [2.24, 2.45) is 0 Å². The van der Waals surface area contributed by atoms with Crippen LogP contribution in [-0.4, -0.2) is 29.7 Å². The van der Waals surface area contributed by atoms with Gasteiger partial charge in [0.05, 0.1) is 5.75 Å². The molecule has 4 rings (SSSR count). The van der Waals surface area contributed by atoms with Gasteiger partial charge in [0.15, 0.2) is 5.16 Å². The summed E-state index contributed by atoms with van der Waals surface area (Å²) in [5, 5.41) is 12.2. The molecule has 3 aromatic rings. The van der Waals surface area contributed by atoms with Gasteiger partial charge in [-0.15, -0.1) is 10.2 Å². The zero-order valence-corrected chi connectivity index (χ0v) is 13.6. The van der Waals surface area contributed by atoms with Crippen molar-refractivity contribution in [3.63, 3.8) is 0 Å². The van der Waals surface area contributed by atoms with Crippen LogP contribution in [0, 0.1) is 0 Å². The predicted octanol–water partition coefficient (Wildman–Crippen LogP) is 2.42. The van der Waals surface area contributed by atoms with Gasteiger partial charge in [-0.25, -0.2) is 0 Å². The average Bonchev–Trinajstić information content (AvgIpc) is 3.32. The highest BCUT2D eigenvalue weighted by molar-refractivity contribution is 7.98. The molecular formula is C15H16N8S. The number of anilines is 3. The van der Waals surface area contributed by atoms with Crippen LogP contribution in [-0.2, 0) is 5.75 Å². The molecule has 3 N–H and O–H groups in total. The standard InChI is InChI=1S/C15H16N8S/c16-13-19-12(8-24-15-22-17-9-23(15)11-6-7-11)20-14(21-13)18-10-4-2-1-3-5-10/h1-5,9,11H,6-8H2,(H3,16,18,19,20,21). The van der Waals surface area contributed by atoms with Crippen LogP contribution in [0.5, 0.6) is 0 Å². The van der Waals surface area contributed by atoms with Crippen molar-refractivity contribution in [3.05, 3.63) is 42.5 Å². The molecule has 0 saturated heterocycles. The first-order valence-corrected chi connectivity index (χ1v) is 8.61. The summed E-state index contributed by atoms with van der Waals surface area (Å²) < 4.78 is 2.11. The summed E-state index contributed by atoms with van der Waals surface area (Å²) in [6.45, 7) is 0. The molecular weight excluding hydrogens is 324 g/mol. The number of nitrogens with zero attached hydrogens (tertiary/aromatic N) is 6. The summed E-state index contributed by atoms with van der Waals surface area (Å²) in [5.74, 6) is 1.80. The lowest BCUT2D eigenvalue weighted by Gasteiger charge is -2.07. The SMILES string of the molecule is Nc1nc(CSc2nncn2C2CC2)nc(Nc2ccccc2)n1.